The van der Waals surface area contributed by atoms with Gasteiger partial charge in [0.25, 0.3) is 5.97 Å². The van der Waals surface area contributed by atoms with Crippen LogP contribution in [0.25, 0.3) is 0 Å². The third kappa shape index (κ3) is 5.25. The highest BCUT2D eigenvalue weighted by molar-refractivity contribution is 5.60. The molecule has 0 atom stereocenters. The van der Waals surface area contributed by atoms with Gasteiger partial charge in [-0.05, 0) is 0 Å². The predicted molar refractivity (Wildman–Crippen MR) is 31.9 cm³/mol. The molecule has 7 heteroatoms. The van der Waals surface area contributed by atoms with Crippen molar-refractivity contribution >= 4 is 6.16 Å². The smallest absolute Gasteiger partial charge is 0.418 e. The number of carbonyl (C=O) groups is 1. The molecule has 0 saturated carbocycles. The number of carbonyl (C=O) groups excluding carboxylic acids is 1. The maximum atomic E-state index is 10.3. The summed E-state index contributed by atoms with van der Waals surface area (Å²) in [6, 6.07) is 0. The second-order valence-corrected chi connectivity index (χ2v) is 1.52. The van der Waals surface area contributed by atoms with Crippen LogP contribution in [0, 0.1) is 0 Å². The Morgan fingerprint density at radius 2 is 1.90 bits per heavy atom. The maximum Gasteiger partial charge on any atom is 0.513 e. The summed E-state index contributed by atoms with van der Waals surface area (Å²) in [5.74, 6) is -2.01. The van der Waals surface area contributed by atoms with Crippen LogP contribution < -0.4 is 22.9 Å². The monoisotopic (exact) mass is 150 g/mol. The first-order chi connectivity index (χ1) is 4.45. The third-order valence-electron chi connectivity index (χ3n) is 0.461. The van der Waals surface area contributed by atoms with E-state index in [0.717, 1.165) is 0 Å². The van der Waals surface area contributed by atoms with Gasteiger partial charge in [0.05, 0.1) is 0 Å². The van der Waals surface area contributed by atoms with Gasteiger partial charge < -0.3 is 9.47 Å². The van der Waals surface area contributed by atoms with E-state index in [9.17, 15) is 4.79 Å². The summed E-state index contributed by atoms with van der Waals surface area (Å²) in [7, 11) is 0. The minimum atomic E-state index is -2.01. The molecule has 60 valence electrons. The zero-order chi connectivity index (χ0) is 8.20. The first kappa shape index (κ1) is 9.11. The molecule has 8 N–H and O–H groups in total. The Kier molecular flexibility index (Phi) is 3.03. The first-order valence-electron chi connectivity index (χ1n) is 2.38. The molecule has 0 aliphatic carbocycles. The standard InChI is InChI=1S/C3H10N4O3/c4-1-9-2(8)10-3(5,6)7/h1,4-7H2. The SMILES string of the molecule is NCOC(=O)OC(N)(N)N. The Labute approximate surface area is 57.2 Å². The molecular weight excluding hydrogens is 140 g/mol. The van der Waals surface area contributed by atoms with Crippen LogP contribution in [0.15, 0.2) is 0 Å². The second kappa shape index (κ2) is 3.32. The van der Waals surface area contributed by atoms with Crippen molar-refractivity contribution in [1.82, 2.24) is 0 Å². The highest BCUT2D eigenvalue weighted by Gasteiger charge is 2.18. The largest absolute Gasteiger partial charge is 0.513 e. The summed E-state index contributed by atoms with van der Waals surface area (Å²) in [4.78, 5) is 10.3. The van der Waals surface area contributed by atoms with E-state index in [-0.39, 0.29) is 6.73 Å². The molecule has 0 aromatic rings. The van der Waals surface area contributed by atoms with E-state index < -0.39 is 12.1 Å². The predicted octanol–water partition coefficient (Wildman–Crippen LogP) is -2.46. The average molecular weight is 150 g/mol. The van der Waals surface area contributed by atoms with E-state index in [1.807, 2.05) is 0 Å². The number of nitrogens with two attached hydrogens (primary N) is 4. The van der Waals surface area contributed by atoms with Gasteiger partial charge in [0.15, 0.2) is 0 Å². The summed E-state index contributed by atoms with van der Waals surface area (Å²) in [5.41, 5.74) is 19.4. The molecule has 0 amide bonds. The lowest BCUT2D eigenvalue weighted by Gasteiger charge is -2.17. The molecule has 0 unspecified atom stereocenters. The quantitative estimate of drug-likeness (QED) is 0.253. The van der Waals surface area contributed by atoms with Crippen LogP contribution >= 0.6 is 0 Å². The second-order valence-electron chi connectivity index (χ2n) is 1.52. The normalized spacial score (nSPS) is 10.8. The van der Waals surface area contributed by atoms with Gasteiger partial charge in [-0.1, -0.05) is 0 Å². The molecule has 0 saturated heterocycles. The first-order valence-corrected chi connectivity index (χ1v) is 2.38. The third-order valence-corrected chi connectivity index (χ3v) is 0.461. The summed E-state index contributed by atoms with van der Waals surface area (Å²) in [6.07, 6.45) is -1.10. The Hall–Kier alpha value is -0.890. The highest BCUT2D eigenvalue weighted by atomic mass is 16.7. The lowest BCUT2D eigenvalue weighted by molar-refractivity contribution is -0.0251. The zero-order valence-corrected chi connectivity index (χ0v) is 5.24. The molecule has 0 aromatic heterocycles. The van der Waals surface area contributed by atoms with Gasteiger partial charge in [0, 0.05) is 0 Å². The molecular formula is C3H10N4O3. The summed E-state index contributed by atoms with van der Waals surface area (Å²) >= 11 is 0. The summed E-state index contributed by atoms with van der Waals surface area (Å²) in [6.45, 7) is -0.311. The molecule has 0 aromatic carbocycles. The van der Waals surface area contributed by atoms with Crippen LogP contribution in [0.5, 0.6) is 0 Å². The summed E-state index contributed by atoms with van der Waals surface area (Å²) < 4.78 is 8.16. The van der Waals surface area contributed by atoms with E-state index >= 15 is 0 Å². The fraction of sp³-hybridized carbons (Fsp3) is 0.667. The minimum Gasteiger partial charge on any atom is -0.418 e. The number of ether oxygens (including phenoxy) is 2. The van der Waals surface area contributed by atoms with Gasteiger partial charge in [-0.25, -0.2) is 4.79 Å². The van der Waals surface area contributed by atoms with Crippen molar-refractivity contribution in [2.24, 2.45) is 22.9 Å². The van der Waals surface area contributed by atoms with Crippen molar-refractivity contribution in [3.05, 3.63) is 0 Å². The number of hydrogen-bond acceptors (Lipinski definition) is 7. The van der Waals surface area contributed by atoms with Crippen LogP contribution in [0.3, 0.4) is 0 Å². The van der Waals surface area contributed by atoms with E-state index in [2.05, 4.69) is 9.47 Å². The average Bonchev–Trinajstić information content (AvgIpc) is 1.59. The molecule has 7 nitrogen and oxygen atoms in total. The Bertz CT molecular complexity index is 119. The van der Waals surface area contributed by atoms with Crippen LogP contribution in [-0.2, 0) is 9.47 Å². The molecule has 0 radical (unpaired) electrons. The molecule has 0 bridgehead atoms. The molecule has 0 heterocycles. The van der Waals surface area contributed by atoms with Gasteiger partial charge in [-0.2, -0.15) is 0 Å². The van der Waals surface area contributed by atoms with Crippen LogP contribution in [0.1, 0.15) is 0 Å². The van der Waals surface area contributed by atoms with Crippen LogP contribution in [0.4, 0.5) is 4.79 Å². The number of hydrogen-bond donors (Lipinski definition) is 4. The Morgan fingerprint density at radius 1 is 1.40 bits per heavy atom. The molecule has 0 aliphatic rings. The fourth-order valence-electron chi connectivity index (χ4n) is 0.242. The topological polar surface area (TPSA) is 140 Å². The highest BCUT2D eigenvalue weighted by Crippen LogP contribution is 1.87. The summed E-state index contributed by atoms with van der Waals surface area (Å²) in [5, 5.41) is 0. The van der Waals surface area contributed by atoms with Crippen molar-refractivity contribution < 1.29 is 14.3 Å². The van der Waals surface area contributed by atoms with Gasteiger partial charge >= 0.3 is 6.16 Å². The Balaban J connectivity index is 3.58. The molecule has 0 aliphatic heterocycles. The number of rotatable bonds is 2. The van der Waals surface area contributed by atoms with Crippen molar-refractivity contribution in [2.75, 3.05) is 6.73 Å². The van der Waals surface area contributed by atoms with Crippen molar-refractivity contribution in [1.29, 1.82) is 0 Å². The van der Waals surface area contributed by atoms with Gasteiger partial charge in [-0.15, -0.1) is 0 Å². The van der Waals surface area contributed by atoms with Crippen molar-refractivity contribution in [3.63, 3.8) is 0 Å². The lowest BCUT2D eigenvalue weighted by atomic mass is 10.8. The van der Waals surface area contributed by atoms with Crippen LogP contribution in [0.2, 0.25) is 0 Å². The van der Waals surface area contributed by atoms with Crippen molar-refractivity contribution in [3.8, 4) is 0 Å². The van der Waals surface area contributed by atoms with Gasteiger partial charge in [0.1, 0.15) is 6.73 Å². The van der Waals surface area contributed by atoms with E-state index in [1.54, 1.807) is 0 Å². The van der Waals surface area contributed by atoms with E-state index in [4.69, 9.17) is 22.9 Å². The van der Waals surface area contributed by atoms with Gasteiger partial charge in [0.2, 0.25) is 0 Å². The minimum absolute atomic E-state index is 0.311. The molecule has 0 rings (SSSR count). The zero-order valence-electron chi connectivity index (χ0n) is 5.24. The van der Waals surface area contributed by atoms with E-state index in [1.165, 1.54) is 0 Å². The Morgan fingerprint density at radius 3 is 2.20 bits per heavy atom. The lowest BCUT2D eigenvalue weighted by Crippen LogP contribution is -2.61. The van der Waals surface area contributed by atoms with Gasteiger partial charge in [-0.3, -0.25) is 22.9 Å². The van der Waals surface area contributed by atoms with Crippen LogP contribution in [-0.4, -0.2) is 18.9 Å². The molecule has 0 spiro atoms. The fourth-order valence-corrected chi connectivity index (χ4v) is 0.242. The molecule has 10 heavy (non-hydrogen) atoms. The van der Waals surface area contributed by atoms with E-state index in [0.29, 0.717) is 0 Å². The van der Waals surface area contributed by atoms with Crippen molar-refractivity contribution in [2.45, 2.75) is 5.97 Å². The molecule has 0 fully saturated rings. The maximum absolute atomic E-state index is 10.3.